The minimum Gasteiger partial charge on any atom is -0.352 e. The Morgan fingerprint density at radius 1 is 1.20 bits per heavy atom. The van der Waals surface area contributed by atoms with Gasteiger partial charge in [-0.1, -0.05) is 30.3 Å². The van der Waals surface area contributed by atoms with Gasteiger partial charge in [0.25, 0.3) is 0 Å². The van der Waals surface area contributed by atoms with Gasteiger partial charge in [-0.05, 0) is 42.5 Å². The van der Waals surface area contributed by atoms with Crippen molar-refractivity contribution in [2.75, 3.05) is 11.4 Å². The number of pyridine rings is 1. The molecule has 1 aromatic heterocycles. The number of hydrogen-bond acceptors (Lipinski definition) is 3. The lowest BCUT2D eigenvalue weighted by atomic mass is 9.99. The molecule has 0 saturated carbocycles. The summed E-state index contributed by atoms with van der Waals surface area (Å²) in [5.41, 5.74) is 10.1. The fraction of sp³-hybridized carbons (Fsp3) is 0.353. The van der Waals surface area contributed by atoms with Crippen molar-refractivity contribution in [1.29, 1.82) is 0 Å². The maximum Gasteiger partial charge on any atom is 0.132 e. The highest BCUT2D eigenvalue weighted by atomic mass is 15.2. The van der Waals surface area contributed by atoms with Crippen LogP contribution in [0.2, 0.25) is 0 Å². The fourth-order valence-electron chi connectivity index (χ4n) is 2.90. The zero-order valence-electron chi connectivity index (χ0n) is 11.9. The predicted octanol–water partition coefficient (Wildman–Crippen LogP) is 2.53. The van der Waals surface area contributed by atoms with Gasteiger partial charge in [-0.2, -0.15) is 0 Å². The van der Waals surface area contributed by atoms with E-state index in [1.807, 2.05) is 19.2 Å². The van der Waals surface area contributed by atoms with Gasteiger partial charge in [-0.25, -0.2) is 4.98 Å². The van der Waals surface area contributed by atoms with Crippen molar-refractivity contribution in [1.82, 2.24) is 4.98 Å². The summed E-state index contributed by atoms with van der Waals surface area (Å²) in [6.45, 7) is 4.02. The maximum atomic E-state index is 5.95. The quantitative estimate of drug-likeness (QED) is 0.929. The first-order chi connectivity index (χ1) is 9.74. The summed E-state index contributed by atoms with van der Waals surface area (Å²) < 4.78 is 0. The van der Waals surface area contributed by atoms with Gasteiger partial charge in [0.05, 0.1) is 0 Å². The normalized spacial score (nSPS) is 15.8. The number of nitrogens with zero attached hydrogens (tertiary/aromatic N) is 2. The van der Waals surface area contributed by atoms with Crippen LogP contribution in [0.5, 0.6) is 0 Å². The Morgan fingerprint density at radius 3 is 2.80 bits per heavy atom. The molecular formula is C17H21N3. The van der Waals surface area contributed by atoms with Crippen molar-refractivity contribution in [2.24, 2.45) is 5.73 Å². The third-order valence-corrected chi connectivity index (χ3v) is 3.84. The van der Waals surface area contributed by atoms with E-state index in [1.54, 1.807) is 0 Å². The first-order valence-electron chi connectivity index (χ1n) is 7.25. The Morgan fingerprint density at radius 2 is 2.00 bits per heavy atom. The summed E-state index contributed by atoms with van der Waals surface area (Å²) >= 11 is 0. The molecule has 1 aliphatic rings. The van der Waals surface area contributed by atoms with Crippen LogP contribution in [-0.4, -0.2) is 17.6 Å². The smallest absolute Gasteiger partial charge is 0.132 e. The van der Waals surface area contributed by atoms with Gasteiger partial charge in [-0.3, -0.25) is 0 Å². The predicted molar refractivity (Wildman–Crippen MR) is 82.8 cm³/mol. The molecule has 0 amide bonds. The van der Waals surface area contributed by atoms with Crippen LogP contribution in [0.25, 0.3) is 0 Å². The Labute approximate surface area is 120 Å². The molecule has 1 aliphatic heterocycles. The summed E-state index contributed by atoms with van der Waals surface area (Å²) in [5.74, 6) is 1.10. The second kappa shape index (κ2) is 5.63. The molecule has 2 heterocycles. The standard InChI is InChI=1S/C17H21N3/c1-13(18)11-15-7-4-9-19-17(15)20-10-8-14-5-2-3-6-16(14)12-20/h2-7,9,13H,8,10-12,18H2,1H3. The lowest BCUT2D eigenvalue weighted by molar-refractivity contribution is 0.695. The van der Waals surface area contributed by atoms with Crippen LogP contribution in [0.1, 0.15) is 23.6 Å². The van der Waals surface area contributed by atoms with Crippen LogP contribution in [0.15, 0.2) is 42.6 Å². The van der Waals surface area contributed by atoms with Crippen molar-refractivity contribution in [3.05, 3.63) is 59.3 Å². The molecule has 3 nitrogen and oxygen atoms in total. The lowest BCUT2D eigenvalue weighted by Gasteiger charge is -2.31. The van der Waals surface area contributed by atoms with Crippen molar-refractivity contribution in [3.8, 4) is 0 Å². The molecule has 104 valence electrons. The zero-order valence-corrected chi connectivity index (χ0v) is 11.9. The van der Waals surface area contributed by atoms with Gasteiger partial charge in [0.15, 0.2) is 0 Å². The second-order valence-corrected chi connectivity index (χ2v) is 5.61. The molecule has 0 bridgehead atoms. The Balaban J connectivity index is 1.88. The van der Waals surface area contributed by atoms with Gasteiger partial charge >= 0.3 is 0 Å². The molecule has 1 unspecified atom stereocenters. The number of hydrogen-bond donors (Lipinski definition) is 1. The SMILES string of the molecule is CC(N)Cc1cccnc1N1CCc2ccccc2C1. The van der Waals surface area contributed by atoms with E-state index in [0.717, 1.165) is 31.7 Å². The fourth-order valence-corrected chi connectivity index (χ4v) is 2.90. The topological polar surface area (TPSA) is 42.1 Å². The van der Waals surface area contributed by atoms with Gasteiger partial charge in [0.1, 0.15) is 5.82 Å². The van der Waals surface area contributed by atoms with Crippen molar-refractivity contribution < 1.29 is 0 Å². The molecular weight excluding hydrogens is 246 g/mol. The second-order valence-electron chi connectivity index (χ2n) is 5.61. The van der Waals surface area contributed by atoms with E-state index >= 15 is 0 Å². The molecule has 3 heteroatoms. The summed E-state index contributed by atoms with van der Waals surface area (Å²) in [5, 5.41) is 0. The van der Waals surface area contributed by atoms with Crippen molar-refractivity contribution in [2.45, 2.75) is 32.4 Å². The number of rotatable bonds is 3. The molecule has 0 fully saturated rings. The van der Waals surface area contributed by atoms with E-state index < -0.39 is 0 Å². The minimum atomic E-state index is 0.162. The highest BCUT2D eigenvalue weighted by Crippen LogP contribution is 2.25. The van der Waals surface area contributed by atoms with Gasteiger partial charge in [0, 0.05) is 25.3 Å². The Bertz CT molecular complexity index is 592. The molecule has 0 saturated heterocycles. The summed E-state index contributed by atoms with van der Waals surface area (Å²) in [6, 6.07) is 13.0. The van der Waals surface area contributed by atoms with E-state index in [-0.39, 0.29) is 6.04 Å². The zero-order chi connectivity index (χ0) is 13.9. The van der Waals surface area contributed by atoms with Crippen LogP contribution in [-0.2, 0) is 19.4 Å². The van der Waals surface area contributed by atoms with Crippen molar-refractivity contribution >= 4 is 5.82 Å². The van der Waals surface area contributed by atoms with Crippen molar-refractivity contribution in [3.63, 3.8) is 0 Å². The van der Waals surface area contributed by atoms with E-state index in [1.165, 1.54) is 16.7 Å². The third-order valence-electron chi connectivity index (χ3n) is 3.84. The molecule has 2 N–H and O–H groups in total. The number of nitrogens with two attached hydrogens (primary N) is 1. The molecule has 3 rings (SSSR count). The van der Waals surface area contributed by atoms with Crippen LogP contribution < -0.4 is 10.6 Å². The monoisotopic (exact) mass is 267 g/mol. The lowest BCUT2D eigenvalue weighted by Crippen LogP contribution is -2.32. The molecule has 0 spiro atoms. The van der Waals surface area contributed by atoms with E-state index in [9.17, 15) is 0 Å². The highest BCUT2D eigenvalue weighted by molar-refractivity contribution is 5.50. The Kier molecular flexibility index (Phi) is 3.70. The minimum absolute atomic E-state index is 0.162. The van der Waals surface area contributed by atoms with Crippen LogP contribution in [0.3, 0.4) is 0 Å². The van der Waals surface area contributed by atoms with Crippen LogP contribution in [0, 0.1) is 0 Å². The summed E-state index contributed by atoms with van der Waals surface area (Å²) in [6.07, 6.45) is 3.84. The molecule has 1 atom stereocenters. The maximum absolute atomic E-state index is 5.95. The van der Waals surface area contributed by atoms with E-state index in [4.69, 9.17) is 5.73 Å². The molecule has 1 aromatic carbocycles. The molecule has 2 aromatic rings. The van der Waals surface area contributed by atoms with Crippen LogP contribution in [0.4, 0.5) is 5.82 Å². The molecule has 0 radical (unpaired) electrons. The summed E-state index contributed by atoms with van der Waals surface area (Å²) in [4.78, 5) is 6.97. The van der Waals surface area contributed by atoms with Gasteiger partial charge < -0.3 is 10.6 Å². The average molecular weight is 267 g/mol. The number of benzene rings is 1. The first-order valence-corrected chi connectivity index (χ1v) is 7.25. The molecule has 0 aliphatic carbocycles. The third kappa shape index (κ3) is 2.68. The highest BCUT2D eigenvalue weighted by Gasteiger charge is 2.19. The number of anilines is 1. The van der Waals surface area contributed by atoms with Gasteiger partial charge in [0.2, 0.25) is 0 Å². The van der Waals surface area contributed by atoms with E-state index in [0.29, 0.717) is 0 Å². The van der Waals surface area contributed by atoms with E-state index in [2.05, 4.69) is 40.2 Å². The Hall–Kier alpha value is -1.87. The first kappa shape index (κ1) is 13.1. The van der Waals surface area contributed by atoms with Gasteiger partial charge in [-0.15, -0.1) is 0 Å². The largest absolute Gasteiger partial charge is 0.352 e. The molecule has 20 heavy (non-hydrogen) atoms. The number of aromatic nitrogens is 1. The number of fused-ring (bicyclic) bond motifs is 1. The average Bonchev–Trinajstić information content (AvgIpc) is 2.47. The summed E-state index contributed by atoms with van der Waals surface area (Å²) in [7, 11) is 0. The van der Waals surface area contributed by atoms with Crippen LogP contribution >= 0.6 is 0 Å².